The molecule has 0 saturated heterocycles. The number of aryl methyl sites for hydroxylation is 1. The van der Waals surface area contributed by atoms with E-state index in [-0.39, 0.29) is 5.91 Å². The predicted octanol–water partition coefficient (Wildman–Crippen LogP) is 3.12. The number of hydrogen-bond acceptors (Lipinski definition) is 3. The monoisotopic (exact) mass is 356 g/mol. The van der Waals surface area contributed by atoms with Crippen molar-refractivity contribution in [2.75, 3.05) is 18.8 Å². The van der Waals surface area contributed by atoms with Gasteiger partial charge in [-0.1, -0.05) is 30.3 Å². The van der Waals surface area contributed by atoms with Crippen molar-refractivity contribution in [1.29, 1.82) is 0 Å². The van der Waals surface area contributed by atoms with E-state index >= 15 is 0 Å². The van der Waals surface area contributed by atoms with Gasteiger partial charge < -0.3 is 4.90 Å². The van der Waals surface area contributed by atoms with Gasteiger partial charge in [0.05, 0.1) is 4.91 Å². The molecule has 1 aliphatic rings. The largest absolute Gasteiger partial charge is 0.345 e. The number of nitrogens with one attached hydrogen (secondary N) is 1. The Bertz CT molecular complexity index is 947. The van der Waals surface area contributed by atoms with E-state index in [2.05, 4.69) is 4.72 Å². The highest BCUT2D eigenvalue weighted by molar-refractivity contribution is 7.96. The van der Waals surface area contributed by atoms with Gasteiger partial charge in [-0.05, 0) is 48.2 Å². The second-order valence-corrected chi connectivity index (χ2v) is 7.93. The van der Waals surface area contributed by atoms with Crippen LogP contribution in [0.25, 0.3) is 6.08 Å². The zero-order chi connectivity index (χ0) is 18.0. The highest BCUT2D eigenvalue weighted by Gasteiger charge is 2.22. The molecule has 0 atom stereocenters. The Kier molecular flexibility index (Phi) is 4.63. The van der Waals surface area contributed by atoms with Gasteiger partial charge in [0.15, 0.2) is 0 Å². The number of amides is 1. The van der Waals surface area contributed by atoms with Crippen molar-refractivity contribution in [3.63, 3.8) is 0 Å². The van der Waals surface area contributed by atoms with E-state index < -0.39 is 10.0 Å². The number of carbonyl (C=O) groups excluding carboxylic acids is 1. The van der Waals surface area contributed by atoms with E-state index in [1.165, 1.54) is 4.90 Å². The van der Waals surface area contributed by atoms with Crippen molar-refractivity contribution in [3.8, 4) is 0 Å². The Hall–Kier alpha value is -2.60. The van der Waals surface area contributed by atoms with E-state index in [4.69, 9.17) is 0 Å². The Morgan fingerprint density at radius 1 is 1.04 bits per heavy atom. The van der Waals surface area contributed by atoms with Gasteiger partial charge in [-0.15, -0.1) is 0 Å². The van der Waals surface area contributed by atoms with E-state index in [0.717, 1.165) is 11.1 Å². The van der Waals surface area contributed by atoms with Crippen LogP contribution < -0.4 is 4.72 Å². The molecule has 130 valence electrons. The number of rotatable bonds is 4. The average Bonchev–Trinajstić information content (AvgIpc) is 2.60. The number of carbonyl (C=O) groups is 1. The normalized spacial score (nSPS) is 13.6. The number of fused-ring (bicyclic) bond motifs is 1. The molecule has 0 fully saturated rings. The van der Waals surface area contributed by atoms with Crippen molar-refractivity contribution in [2.24, 2.45) is 0 Å². The van der Waals surface area contributed by atoms with E-state index in [0.29, 0.717) is 29.0 Å². The fraction of sp³-hybridized carbons (Fsp3) is 0.211. The minimum atomic E-state index is -3.66. The van der Waals surface area contributed by atoms with Gasteiger partial charge >= 0.3 is 0 Å². The summed E-state index contributed by atoms with van der Waals surface area (Å²) in [4.78, 5) is 13.8. The lowest BCUT2D eigenvalue weighted by atomic mass is 9.98. The second-order valence-electron chi connectivity index (χ2n) is 6.20. The maximum atomic E-state index is 12.7. The first-order chi connectivity index (χ1) is 11.9. The molecule has 0 aromatic heterocycles. The first-order valence-electron chi connectivity index (χ1n) is 8.00. The van der Waals surface area contributed by atoms with Crippen LogP contribution in [0.5, 0.6) is 0 Å². The zero-order valence-corrected chi connectivity index (χ0v) is 15.0. The van der Waals surface area contributed by atoms with Crippen molar-refractivity contribution >= 4 is 27.7 Å². The number of sulfonamides is 1. The maximum absolute atomic E-state index is 12.7. The summed E-state index contributed by atoms with van der Waals surface area (Å²) in [5.41, 5.74) is 2.91. The molecule has 25 heavy (non-hydrogen) atoms. The molecule has 0 spiro atoms. The third kappa shape index (κ3) is 3.74. The lowest BCUT2D eigenvalue weighted by Gasteiger charge is -2.18. The van der Waals surface area contributed by atoms with Gasteiger partial charge in [-0.3, -0.25) is 9.52 Å². The van der Waals surface area contributed by atoms with Gasteiger partial charge in [0.25, 0.3) is 15.9 Å². The molecule has 3 rings (SSSR count). The predicted molar refractivity (Wildman–Crippen MR) is 99.7 cm³/mol. The standard InChI is InChI=1S/C19H20N2O3S/c1-21(2)19(22)16-8-5-9-17(12-16)20-25(23,24)18-11-10-14-6-3-4-7-15(14)13-18/h3-9,12-13,20H,10-11H2,1-2H3. The number of anilines is 1. The minimum Gasteiger partial charge on any atom is -0.345 e. The summed E-state index contributed by atoms with van der Waals surface area (Å²) in [6.07, 6.45) is 2.88. The van der Waals surface area contributed by atoms with Gasteiger partial charge in [0, 0.05) is 25.3 Å². The van der Waals surface area contributed by atoms with Crippen LogP contribution in [-0.4, -0.2) is 33.3 Å². The van der Waals surface area contributed by atoms with Crippen molar-refractivity contribution in [3.05, 3.63) is 70.1 Å². The van der Waals surface area contributed by atoms with Crippen LogP contribution in [0, 0.1) is 0 Å². The molecule has 0 radical (unpaired) electrons. The van der Waals surface area contributed by atoms with Crippen molar-refractivity contribution in [2.45, 2.75) is 12.8 Å². The maximum Gasteiger partial charge on any atom is 0.258 e. The molecule has 2 aromatic rings. The molecule has 1 amide bonds. The first kappa shape index (κ1) is 17.2. The topological polar surface area (TPSA) is 66.5 Å². The summed E-state index contributed by atoms with van der Waals surface area (Å²) in [7, 11) is -0.343. The Labute approximate surface area is 148 Å². The summed E-state index contributed by atoms with van der Waals surface area (Å²) in [6, 6.07) is 14.3. The molecule has 0 heterocycles. The van der Waals surface area contributed by atoms with E-state index in [1.54, 1.807) is 44.4 Å². The van der Waals surface area contributed by atoms with Crippen LogP contribution in [-0.2, 0) is 16.4 Å². The molecule has 0 bridgehead atoms. The summed E-state index contributed by atoms with van der Waals surface area (Å²) in [5.74, 6) is -0.174. The molecule has 0 unspecified atom stereocenters. The number of allylic oxidation sites excluding steroid dienone is 1. The molecular weight excluding hydrogens is 336 g/mol. The quantitative estimate of drug-likeness (QED) is 0.915. The Morgan fingerprint density at radius 3 is 2.56 bits per heavy atom. The Balaban J connectivity index is 1.87. The first-order valence-corrected chi connectivity index (χ1v) is 9.48. The van der Waals surface area contributed by atoms with Crippen LogP contribution in [0.2, 0.25) is 0 Å². The fourth-order valence-corrected chi connectivity index (χ4v) is 4.03. The second kappa shape index (κ2) is 6.72. The van der Waals surface area contributed by atoms with Crippen molar-refractivity contribution < 1.29 is 13.2 Å². The van der Waals surface area contributed by atoms with Crippen LogP contribution >= 0.6 is 0 Å². The summed E-state index contributed by atoms with van der Waals surface area (Å²) in [6.45, 7) is 0. The molecular formula is C19H20N2O3S. The fourth-order valence-electron chi connectivity index (χ4n) is 2.81. The van der Waals surface area contributed by atoms with Crippen LogP contribution in [0.3, 0.4) is 0 Å². The molecule has 1 N–H and O–H groups in total. The third-order valence-corrected chi connectivity index (χ3v) is 5.64. The Morgan fingerprint density at radius 2 is 1.80 bits per heavy atom. The minimum absolute atomic E-state index is 0.174. The lowest BCUT2D eigenvalue weighted by molar-refractivity contribution is 0.0827. The number of nitrogens with zero attached hydrogens (tertiary/aromatic N) is 1. The average molecular weight is 356 g/mol. The van der Waals surface area contributed by atoms with Crippen LogP contribution in [0.1, 0.15) is 27.9 Å². The van der Waals surface area contributed by atoms with Crippen LogP contribution in [0.4, 0.5) is 5.69 Å². The van der Waals surface area contributed by atoms with Gasteiger partial charge in [0.2, 0.25) is 0 Å². The molecule has 1 aliphatic carbocycles. The van der Waals surface area contributed by atoms with Crippen LogP contribution in [0.15, 0.2) is 53.4 Å². The van der Waals surface area contributed by atoms with E-state index in [9.17, 15) is 13.2 Å². The van der Waals surface area contributed by atoms with Gasteiger partial charge in [-0.25, -0.2) is 8.42 Å². The molecule has 6 heteroatoms. The smallest absolute Gasteiger partial charge is 0.258 e. The third-order valence-electron chi connectivity index (χ3n) is 4.13. The lowest BCUT2D eigenvalue weighted by Crippen LogP contribution is -2.22. The highest BCUT2D eigenvalue weighted by atomic mass is 32.2. The molecule has 5 nitrogen and oxygen atoms in total. The highest BCUT2D eigenvalue weighted by Crippen LogP contribution is 2.28. The summed E-state index contributed by atoms with van der Waals surface area (Å²) >= 11 is 0. The van der Waals surface area contributed by atoms with Gasteiger partial charge in [0.1, 0.15) is 0 Å². The zero-order valence-electron chi connectivity index (χ0n) is 14.2. The van der Waals surface area contributed by atoms with Gasteiger partial charge in [-0.2, -0.15) is 0 Å². The number of hydrogen-bond donors (Lipinski definition) is 1. The number of benzene rings is 2. The SMILES string of the molecule is CN(C)C(=O)c1cccc(NS(=O)(=O)C2=Cc3ccccc3CC2)c1. The van der Waals surface area contributed by atoms with Crippen molar-refractivity contribution in [1.82, 2.24) is 4.90 Å². The summed E-state index contributed by atoms with van der Waals surface area (Å²) in [5, 5.41) is 0. The summed E-state index contributed by atoms with van der Waals surface area (Å²) < 4.78 is 28.0. The molecule has 2 aromatic carbocycles. The van der Waals surface area contributed by atoms with E-state index in [1.807, 2.05) is 24.3 Å². The molecule has 0 aliphatic heterocycles. The molecule has 0 saturated carbocycles.